The summed E-state index contributed by atoms with van der Waals surface area (Å²) in [6.45, 7) is 0. The molecule has 1 aromatic carbocycles. The highest BCUT2D eigenvalue weighted by Gasteiger charge is 2.44. The minimum absolute atomic E-state index is 0.222. The second-order valence-corrected chi connectivity index (χ2v) is 4.71. The number of hydrogen-bond acceptors (Lipinski definition) is 2. The summed E-state index contributed by atoms with van der Waals surface area (Å²) in [4.78, 5) is 0. The number of aliphatic hydroxyl groups is 1. The van der Waals surface area contributed by atoms with E-state index >= 15 is 0 Å². The zero-order valence-electron chi connectivity index (χ0n) is 8.76. The molecule has 0 radical (unpaired) electrons. The van der Waals surface area contributed by atoms with Gasteiger partial charge in [0.05, 0.1) is 6.26 Å². The zero-order valence-corrected chi connectivity index (χ0v) is 8.76. The molecule has 1 aromatic heterocycles. The van der Waals surface area contributed by atoms with Gasteiger partial charge in [-0.15, -0.1) is 0 Å². The number of fused-ring (bicyclic) bond motifs is 7. The number of rotatable bonds is 0. The van der Waals surface area contributed by atoms with Crippen LogP contribution < -0.4 is 0 Å². The lowest BCUT2D eigenvalue weighted by Crippen LogP contribution is -2.14. The van der Waals surface area contributed by atoms with E-state index in [0.29, 0.717) is 5.92 Å². The van der Waals surface area contributed by atoms with Crippen LogP contribution >= 0.6 is 0 Å². The zero-order chi connectivity index (χ0) is 10.7. The van der Waals surface area contributed by atoms with Crippen LogP contribution in [0.1, 0.15) is 46.8 Å². The molecule has 0 saturated carbocycles. The van der Waals surface area contributed by atoms with Gasteiger partial charge in [-0.2, -0.15) is 0 Å². The Morgan fingerprint density at radius 1 is 1.06 bits per heavy atom. The van der Waals surface area contributed by atoms with Crippen molar-refractivity contribution >= 4 is 0 Å². The molecule has 1 heterocycles. The van der Waals surface area contributed by atoms with Crippen molar-refractivity contribution in [2.75, 3.05) is 0 Å². The third-order valence-corrected chi connectivity index (χ3v) is 4.01. The second kappa shape index (κ2) is 2.77. The molecule has 0 unspecified atom stereocenters. The first-order chi connectivity index (χ1) is 7.86. The Balaban J connectivity index is 2.02. The Morgan fingerprint density at radius 2 is 1.88 bits per heavy atom. The highest BCUT2D eigenvalue weighted by molar-refractivity contribution is 5.50. The summed E-state index contributed by atoms with van der Waals surface area (Å²) in [6.07, 6.45) is 2.24. The molecule has 2 aromatic rings. The van der Waals surface area contributed by atoms with Crippen molar-refractivity contribution in [1.29, 1.82) is 0 Å². The maximum atomic E-state index is 10.3. The predicted molar refractivity (Wildman–Crippen MR) is 59.3 cm³/mol. The largest absolute Gasteiger partial charge is 0.466 e. The van der Waals surface area contributed by atoms with Crippen molar-refractivity contribution in [3.8, 4) is 0 Å². The molecule has 0 aliphatic heterocycles. The molecule has 0 amide bonds. The summed E-state index contributed by atoms with van der Waals surface area (Å²) in [5.74, 6) is 1.43. The average Bonchev–Trinajstić information content (AvgIpc) is 2.91. The van der Waals surface area contributed by atoms with Crippen LogP contribution in [-0.2, 0) is 0 Å². The molecule has 3 atom stereocenters. The summed E-state index contributed by atoms with van der Waals surface area (Å²) >= 11 is 0. The van der Waals surface area contributed by atoms with Gasteiger partial charge in [-0.25, -0.2) is 0 Å². The van der Waals surface area contributed by atoms with E-state index in [1.54, 1.807) is 6.26 Å². The van der Waals surface area contributed by atoms with E-state index in [1.165, 1.54) is 16.7 Å². The van der Waals surface area contributed by atoms with Gasteiger partial charge in [0.25, 0.3) is 0 Å². The molecular weight excluding hydrogens is 200 g/mol. The lowest BCUT2D eigenvalue weighted by molar-refractivity contribution is 0.109. The number of benzene rings is 1. The molecule has 2 heteroatoms. The molecule has 2 bridgehead atoms. The van der Waals surface area contributed by atoms with Gasteiger partial charge in [-0.1, -0.05) is 24.3 Å². The fourth-order valence-electron chi connectivity index (χ4n) is 3.31. The average molecular weight is 212 g/mol. The molecule has 0 saturated heterocycles. The molecule has 1 N–H and O–H groups in total. The Bertz CT molecular complexity index is 555. The Morgan fingerprint density at radius 3 is 2.75 bits per heavy atom. The molecular formula is C14H12O2. The molecule has 2 nitrogen and oxygen atoms in total. The number of hydrogen-bond donors (Lipinski definition) is 1. The van der Waals surface area contributed by atoms with Crippen molar-refractivity contribution in [1.82, 2.24) is 0 Å². The fraction of sp³-hybridized carbons (Fsp3) is 0.286. The van der Waals surface area contributed by atoms with Crippen LogP contribution in [-0.4, -0.2) is 5.11 Å². The monoisotopic (exact) mass is 212 g/mol. The molecule has 0 spiro atoms. The highest BCUT2D eigenvalue weighted by Crippen LogP contribution is 2.56. The van der Waals surface area contributed by atoms with E-state index in [9.17, 15) is 5.11 Å². The van der Waals surface area contributed by atoms with Crippen LogP contribution in [0.25, 0.3) is 0 Å². The SMILES string of the molecule is O[C@@H]1c2occc2[C@@H]2C[C@H]1c1ccccc12. The van der Waals surface area contributed by atoms with Gasteiger partial charge in [0, 0.05) is 17.4 Å². The van der Waals surface area contributed by atoms with E-state index in [2.05, 4.69) is 18.2 Å². The van der Waals surface area contributed by atoms with Crippen LogP contribution in [0.15, 0.2) is 41.0 Å². The molecule has 2 aliphatic rings. The normalized spacial score (nSPS) is 29.9. The first-order valence-corrected chi connectivity index (χ1v) is 5.70. The van der Waals surface area contributed by atoms with E-state index in [-0.39, 0.29) is 5.92 Å². The molecule has 80 valence electrons. The maximum Gasteiger partial charge on any atom is 0.136 e. The highest BCUT2D eigenvalue weighted by atomic mass is 16.4. The van der Waals surface area contributed by atoms with Crippen molar-refractivity contribution < 1.29 is 9.52 Å². The van der Waals surface area contributed by atoms with Crippen LogP contribution in [0.3, 0.4) is 0 Å². The van der Waals surface area contributed by atoms with Crippen molar-refractivity contribution in [3.05, 3.63) is 59.0 Å². The minimum atomic E-state index is -0.468. The number of aliphatic hydroxyl groups excluding tert-OH is 1. The van der Waals surface area contributed by atoms with Gasteiger partial charge in [-0.05, 0) is 23.6 Å². The molecule has 2 aliphatic carbocycles. The molecule has 4 rings (SSSR count). The van der Waals surface area contributed by atoms with Crippen molar-refractivity contribution in [3.63, 3.8) is 0 Å². The maximum absolute atomic E-state index is 10.3. The first kappa shape index (κ1) is 8.59. The third-order valence-electron chi connectivity index (χ3n) is 4.01. The quantitative estimate of drug-likeness (QED) is 0.728. The summed E-state index contributed by atoms with van der Waals surface area (Å²) in [5, 5.41) is 10.3. The fourth-order valence-corrected chi connectivity index (χ4v) is 3.31. The predicted octanol–water partition coefficient (Wildman–Crippen LogP) is 2.95. The smallest absolute Gasteiger partial charge is 0.136 e. The van der Waals surface area contributed by atoms with Gasteiger partial charge >= 0.3 is 0 Å². The Kier molecular flexibility index (Phi) is 1.49. The van der Waals surface area contributed by atoms with Gasteiger partial charge in [-0.3, -0.25) is 0 Å². The molecule has 0 fully saturated rings. The van der Waals surface area contributed by atoms with Crippen LogP contribution in [0.4, 0.5) is 0 Å². The Hall–Kier alpha value is -1.54. The minimum Gasteiger partial charge on any atom is -0.466 e. The van der Waals surface area contributed by atoms with Crippen LogP contribution in [0.2, 0.25) is 0 Å². The van der Waals surface area contributed by atoms with E-state index < -0.39 is 6.10 Å². The van der Waals surface area contributed by atoms with E-state index in [1.807, 2.05) is 12.1 Å². The van der Waals surface area contributed by atoms with Crippen molar-refractivity contribution in [2.45, 2.75) is 24.4 Å². The summed E-state index contributed by atoms with van der Waals surface area (Å²) in [7, 11) is 0. The summed E-state index contributed by atoms with van der Waals surface area (Å²) in [5.41, 5.74) is 3.84. The van der Waals surface area contributed by atoms with E-state index in [0.717, 1.165) is 12.2 Å². The van der Waals surface area contributed by atoms with Gasteiger partial charge in [0.15, 0.2) is 0 Å². The van der Waals surface area contributed by atoms with Crippen LogP contribution in [0.5, 0.6) is 0 Å². The van der Waals surface area contributed by atoms with Gasteiger partial charge in [0.1, 0.15) is 11.9 Å². The van der Waals surface area contributed by atoms with Gasteiger partial charge in [0.2, 0.25) is 0 Å². The van der Waals surface area contributed by atoms with Crippen LogP contribution in [0, 0.1) is 0 Å². The standard InChI is InChI=1S/C14H12O2/c15-13-12-7-11(10-5-6-16-14(10)13)8-3-1-2-4-9(8)12/h1-6,11-13,15H,7H2/t11-,12+,13+/m1/s1. The summed E-state index contributed by atoms with van der Waals surface area (Å²) in [6, 6.07) is 10.4. The summed E-state index contributed by atoms with van der Waals surface area (Å²) < 4.78 is 5.43. The topological polar surface area (TPSA) is 33.4 Å². The van der Waals surface area contributed by atoms with Gasteiger partial charge < -0.3 is 9.52 Å². The van der Waals surface area contributed by atoms with Crippen molar-refractivity contribution in [2.24, 2.45) is 0 Å². The number of furan rings is 1. The Labute approximate surface area is 93.5 Å². The molecule has 16 heavy (non-hydrogen) atoms. The first-order valence-electron chi connectivity index (χ1n) is 5.70. The lowest BCUT2D eigenvalue weighted by Gasteiger charge is -2.24. The third kappa shape index (κ3) is 0.866. The van der Waals surface area contributed by atoms with E-state index in [4.69, 9.17) is 4.42 Å². The second-order valence-electron chi connectivity index (χ2n) is 4.71. The lowest BCUT2D eigenvalue weighted by atomic mass is 9.83.